The molecule has 0 fully saturated rings. The summed E-state index contributed by atoms with van der Waals surface area (Å²) in [5.41, 5.74) is 2.29. The van der Waals surface area contributed by atoms with Gasteiger partial charge in [0, 0.05) is 29.3 Å². The van der Waals surface area contributed by atoms with Gasteiger partial charge in [-0.2, -0.15) is 0 Å². The zero-order valence-corrected chi connectivity index (χ0v) is 21.2. The second-order valence-electron chi connectivity index (χ2n) is 8.20. The van der Waals surface area contributed by atoms with Gasteiger partial charge in [-0.25, -0.2) is 0 Å². The average Bonchev–Trinajstić information content (AvgIpc) is 2.91. The first-order valence-corrected chi connectivity index (χ1v) is 12.3. The van der Waals surface area contributed by atoms with Gasteiger partial charge in [0.1, 0.15) is 5.69 Å². The van der Waals surface area contributed by atoms with Crippen molar-refractivity contribution in [1.82, 2.24) is 15.6 Å². The van der Waals surface area contributed by atoms with E-state index in [1.54, 1.807) is 55.6 Å². The molecule has 1 unspecified atom stereocenters. The van der Waals surface area contributed by atoms with Crippen LogP contribution in [-0.4, -0.2) is 35.8 Å². The van der Waals surface area contributed by atoms with Crippen LogP contribution in [0.3, 0.4) is 0 Å². The topological polar surface area (TPSA) is 100 Å². The molecule has 0 spiro atoms. The van der Waals surface area contributed by atoms with Crippen LogP contribution in [0.15, 0.2) is 89.5 Å². The summed E-state index contributed by atoms with van der Waals surface area (Å²) < 4.78 is 0.659. The Labute approximate surface area is 217 Å². The highest BCUT2D eigenvalue weighted by molar-refractivity contribution is 9.10. The molecule has 3 N–H and O–H groups in total. The van der Waals surface area contributed by atoms with Crippen molar-refractivity contribution in [2.45, 2.75) is 12.8 Å². The summed E-state index contributed by atoms with van der Waals surface area (Å²) in [6, 6.07) is 23.8. The Bertz CT molecular complexity index is 1400. The average molecular weight is 545 g/mol. The summed E-state index contributed by atoms with van der Waals surface area (Å²) in [6.07, 6.45) is 1.56. The lowest BCUT2D eigenvalue weighted by atomic mass is 10.00. The van der Waals surface area contributed by atoms with E-state index in [2.05, 4.69) is 36.9 Å². The molecule has 1 atom stereocenters. The van der Waals surface area contributed by atoms with Crippen molar-refractivity contribution in [3.05, 3.63) is 106 Å². The Hall–Kier alpha value is -4.04. The van der Waals surface area contributed by atoms with E-state index in [0.717, 1.165) is 16.3 Å². The molecule has 8 heteroatoms. The van der Waals surface area contributed by atoms with Crippen LogP contribution in [0.5, 0.6) is 0 Å². The van der Waals surface area contributed by atoms with Gasteiger partial charge in [-0.1, -0.05) is 48.5 Å². The number of fused-ring (bicyclic) bond motifs is 1. The van der Waals surface area contributed by atoms with E-state index in [9.17, 15) is 14.4 Å². The van der Waals surface area contributed by atoms with Gasteiger partial charge in [-0.15, -0.1) is 0 Å². The van der Waals surface area contributed by atoms with E-state index in [-0.39, 0.29) is 17.7 Å². The predicted molar refractivity (Wildman–Crippen MR) is 144 cm³/mol. The Balaban J connectivity index is 1.29. The number of pyridine rings is 1. The summed E-state index contributed by atoms with van der Waals surface area (Å²) in [4.78, 5) is 41.7. The molecule has 0 radical (unpaired) electrons. The molecule has 0 saturated heterocycles. The van der Waals surface area contributed by atoms with Gasteiger partial charge in [0.15, 0.2) is 0 Å². The van der Waals surface area contributed by atoms with E-state index >= 15 is 0 Å². The maximum absolute atomic E-state index is 12.7. The lowest BCUT2D eigenvalue weighted by Crippen LogP contribution is -2.36. The van der Waals surface area contributed by atoms with Crippen molar-refractivity contribution in [3.63, 3.8) is 0 Å². The summed E-state index contributed by atoms with van der Waals surface area (Å²) in [5, 5.41) is 10.4. The standard InChI is InChI=1S/C28H25BrN4O3/c1-18(20-12-13-24(23(29)17-20)33-28(36)25-11-4-5-14-30-25)26(34)31-15-16-32-27(35)22-10-6-8-19-7-2-3-9-21(19)22/h2-14,17-18H,15-16H2,1H3,(H,31,34)(H,32,35)(H,33,36). The van der Waals surface area contributed by atoms with Crippen molar-refractivity contribution in [1.29, 1.82) is 0 Å². The predicted octanol–water partition coefficient (Wildman–Crippen LogP) is 4.90. The molecule has 0 aliphatic heterocycles. The lowest BCUT2D eigenvalue weighted by Gasteiger charge is -2.15. The van der Waals surface area contributed by atoms with E-state index in [4.69, 9.17) is 0 Å². The molecular weight excluding hydrogens is 520 g/mol. The number of amides is 3. The molecular formula is C28H25BrN4O3. The number of nitrogens with one attached hydrogen (secondary N) is 3. The summed E-state index contributed by atoms with van der Waals surface area (Å²) in [5.74, 6) is -1.08. The Morgan fingerprint density at radius 2 is 1.61 bits per heavy atom. The number of hydrogen-bond acceptors (Lipinski definition) is 4. The Morgan fingerprint density at radius 3 is 2.39 bits per heavy atom. The van der Waals surface area contributed by atoms with Gasteiger partial charge in [0.25, 0.3) is 11.8 Å². The van der Waals surface area contributed by atoms with E-state index in [1.807, 2.05) is 36.4 Å². The first-order chi connectivity index (χ1) is 17.4. The third-order valence-electron chi connectivity index (χ3n) is 5.78. The molecule has 182 valence electrons. The largest absolute Gasteiger partial charge is 0.354 e. The molecule has 0 aliphatic rings. The van der Waals surface area contributed by atoms with Gasteiger partial charge < -0.3 is 16.0 Å². The number of rotatable bonds is 8. The fraction of sp³-hybridized carbons (Fsp3) is 0.143. The first-order valence-electron chi connectivity index (χ1n) is 11.5. The van der Waals surface area contributed by atoms with Gasteiger partial charge in [0.05, 0.1) is 11.6 Å². The maximum Gasteiger partial charge on any atom is 0.274 e. The molecule has 0 bridgehead atoms. The van der Waals surface area contributed by atoms with E-state index in [1.165, 1.54) is 0 Å². The van der Waals surface area contributed by atoms with Crippen LogP contribution >= 0.6 is 15.9 Å². The van der Waals surface area contributed by atoms with Crippen LogP contribution in [0.4, 0.5) is 5.69 Å². The number of carbonyl (C=O) groups is 3. The minimum absolute atomic E-state index is 0.161. The number of carbonyl (C=O) groups excluding carboxylic acids is 3. The smallest absolute Gasteiger partial charge is 0.274 e. The number of benzene rings is 3. The van der Waals surface area contributed by atoms with Crippen molar-refractivity contribution in [3.8, 4) is 0 Å². The number of halogens is 1. The van der Waals surface area contributed by atoms with Crippen LogP contribution < -0.4 is 16.0 Å². The molecule has 4 rings (SSSR count). The third-order valence-corrected chi connectivity index (χ3v) is 6.43. The second kappa shape index (κ2) is 11.6. The molecule has 36 heavy (non-hydrogen) atoms. The SMILES string of the molecule is CC(C(=O)NCCNC(=O)c1cccc2ccccc12)c1ccc(NC(=O)c2ccccn2)c(Br)c1. The summed E-state index contributed by atoms with van der Waals surface area (Å²) >= 11 is 3.47. The molecule has 3 aromatic carbocycles. The lowest BCUT2D eigenvalue weighted by molar-refractivity contribution is -0.122. The van der Waals surface area contributed by atoms with Crippen LogP contribution in [0, 0.1) is 0 Å². The summed E-state index contributed by atoms with van der Waals surface area (Å²) in [6.45, 7) is 2.42. The minimum Gasteiger partial charge on any atom is -0.354 e. The van der Waals surface area contributed by atoms with Gasteiger partial charge in [-0.3, -0.25) is 19.4 Å². The molecule has 7 nitrogen and oxygen atoms in total. The number of aromatic nitrogens is 1. The number of hydrogen-bond donors (Lipinski definition) is 3. The normalized spacial score (nSPS) is 11.5. The van der Waals surface area contributed by atoms with Crippen LogP contribution in [0.1, 0.15) is 39.3 Å². The van der Waals surface area contributed by atoms with Gasteiger partial charge >= 0.3 is 0 Å². The van der Waals surface area contributed by atoms with Gasteiger partial charge in [0.2, 0.25) is 5.91 Å². The highest BCUT2D eigenvalue weighted by atomic mass is 79.9. The molecule has 1 aromatic heterocycles. The Kier molecular flexibility index (Phi) is 8.07. The molecule has 0 saturated carbocycles. The van der Waals surface area contributed by atoms with Crippen LogP contribution in [-0.2, 0) is 4.79 Å². The highest BCUT2D eigenvalue weighted by Crippen LogP contribution is 2.28. The Morgan fingerprint density at radius 1 is 0.861 bits per heavy atom. The highest BCUT2D eigenvalue weighted by Gasteiger charge is 2.17. The fourth-order valence-electron chi connectivity index (χ4n) is 3.77. The van der Waals surface area contributed by atoms with Crippen molar-refractivity contribution >= 4 is 50.1 Å². The minimum atomic E-state index is -0.421. The fourth-order valence-corrected chi connectivity index (χ4v) is 4.27. The van der Waals surface area contributed by atoms with E-state index < -0.39 is 5.92 Å². The van der Waals surface area contributed by atoms with Crippen LogP contribution in [0.25, 0.3) is 10.8 Å². The second-order valence-corrected chi connectivity index (χ2v) is 9.06. The van der Waals surface area contributed by atoms with Gasteiger partial charge in [-0.05, 0) is 69.5 Å². The molecule has 4 aromatic rings. The maximum atomic E-state index is 12.7. The van der Waals surface area contributed by atoms with Crippen molar-refractivity contribution in [2.24, 2.45) is 0 Å². The molecule has 0 aliphatic carbocycles. The van der Waals surface area contributed by atoms with Crippen molar-refractivity contribution in [2.75, 3.05) is 18.4 Å². The number of anilines is 1. The number of nitrogens with zero attached hydrogens (tertiary/aromatic N) is 1. The molecule has 1 heterocycles. The quantitative estimate of drug-likeness (QED) is 0.274. The monoisotopic (exact) mass is 544 g/mol. The zero-order valence-electron chi connectivity index (χ0n) is 19.6. The summed E-state index contributed by atoms with van der Waals surface area (Å²) in [7, 11) is 0. The van der Waals surface area contributed by atoms with E-state index in [0.29, 0.717) is 34.5 Å². The van der Waals surface area contributed by atoms with Crippen molar-refractivity contribution < 1.29 is 14.4 Å². The first kappa shape index (κ1) is 25.1. The van der Waals surface area contributed by atoms with Crippen LogP contribution in [0.2, 0.25) is 0 Å². The zero-order chi connectivity index (χ0) is 25.5. The third kappa shape index (κ3) is 5.95. The molecule has 3 amide bonds.